The molecule has 1 aliphatic rings. The summed E-state index contributed by atoms with van der Waals surface area (Å²) in [4.78, 5) is 30.9. The van der Waals surface area contributed by atoms with Crippen LogP contribution in [0.5, 0.6) is 17.2 Å². The average Bonchev–Trinajstić information content (AvgIpc) is 3.31. The number of nitrogens with zero attached hydrogens (tertiary/aromatic N) is 2. The zero-order chi connectivity index (χ0) is 31.5. The summed E-state index contributed by atoms with van der Waals surface area (Å²) in [5.74, 6) is 0.0258. The monoisotopic (exact) mass is 600 g/mol. The first-order valence-corrected chi connectivity index (χ1v) is 15.5. The number of ether oxygens (including phenoxy) is 3. The van der Waals surface area contributed by atoms with E-state index in [-0.39, 0.29) is 11.3 Å². The predicted octanol–water partition coefficient (Wildman–Crippen LogP) is 6.61. The second-order valence-electron chi connectivity index (χ2n) is 10.8. The molecule has 44 heavy (non-hydrogen) atoms. The molecule has 1 heterocycles. The summed E-state index contributed by atoms with van der Waals surface area (Å²) in [5.41, 5.74) is 2.12. The Morgan fingerprint density at radius 2 is 1.66 bits per heavy atom. The van der Waals surface area contributed by atoms with Crippen molar-refractivity contribution in [2.24, 2.45) is 0 Å². The number of ketones is 1. The Labute approximate surface area is 260 Å². The van der Waals surface area contributed by atoms with Crippen molar-refractivity contribution in [2.75, 3.05) is 39.9 Å². The first kappa shape index (κ1) is 32.6. The molecule has 0 saturated carbocycles. The quantitative estimate of drug-likeness (QED) is 0.0857. The third-order valence-corrected chi connectivity index (χ3v) is 7.92. The number of benzene rings is 3. The van der Waals surface area contributed by atoms with Gasteiger partial charge < -0.3 is 29.1 Å². The number of hydrogen-bond acceptors (Lipinski definition) is 7. The van der Waals surface area contributed by atoms with Gasteiger partial charge in [-0.15, -0.1) is 0 Å². The van der Waals surface area contributed by atoms with E-state index in [1.165, 1.54) is 0 Å². The molecule has 1 N–H and O–H groups in total. The highest BCUT2D eigenvalue weighted by Crippen LogP contribution is 2.42. The fraction of sp³-hybridized carbons (Fsp3) is 0.389. The van der Waals surface area contributed by atoms with Crippen molar-refractivity contribution in [1.82, 2.24) is 9.80 Å². The number of aliphatic hydroxyl groups is 1. The molecule has 0 radical (unpaired) electrons. The van der Waals surface area contributed by atoms with Crippen LogP contribution in [-0.2, 0) is 16.2 Å². The number of unbranched alkanes of at least 4 members (excludes halogenated alkanes) is 1. The van der Waals surface area contributed by atoms with Crippen molar-refractivity contribution in [3.8, 4) is 17.2 Å². The first-order valence-electron chi connectivity index (χ1n) is 15.5. The molecule has 1 saturated heterocycles. The lowest BCUT2D eigenvalue weighted by molar-refractivity contribution is -0.140. The fourth-order valence-corrected chi connectivity index (χ4v) is 5.39. The van der Waals surface area contributed by atoms with E-state index >= 15 is 0 Å². The van der Waals surface area contributed by atoms with Gasteiger partial charge >= 0.3 is 0 Å². The molecule has 1 fully saturated rings. The third kappa shape index (κ3) is 7.80. The molecular formula is C36H44N2O6. The largest absolute Gasteiger partial charge is 0.507 e. The summed E-state index contributed by atoms with van der Waals surface area (Å²) >= 11 is 0. The van der Waals surface area contributed by atoms with Crippen LogP contribution < -0.4 is 14.2 Å². The first-order chi connectivity index (χ1) is 21.4. The number of methoxy groups -OCH3 is 1. The van der Waals surface area contributed by atoms with Crippen molar-refractivity contribution in [2.45, 2.75) is 52.7 Å². The van der Waals surface area contributed by atoms with Gasteiger partial charge in [0.1, 0.15) is 18.1 Å². The number of hydrogen-bond donors (Lipinski definition) is 1. The summed E-state index contributed by atoms with van der Waals surface area (Å²) in [6.07, 6.45) is 2.58. The number of carbonyl (C=O) groups is 2. The van der Waals surface area contributed by atoms with Crippen molar-refractivity contribution in [3.63, 3.8) is 0 Å². The van der Waals surface area contributed by atoms with Gasteiger partial charge in [0.25, 0.3) is 11.7 Å². The highest BCUT2D eigenvalue weighted by Gasteiger charge is 2.46. The van der Waals surface area contributed by atoms with Crippen LogP contribution in [0.4, 0.5) is 0 Å². The Hall–Kier alpha value is -4.30. The highest BCUT2D eigenvalue weighted by atomic mass is 16.5. The molecule has 0 aliphatic carbocycles. The second kappa shape index (κ2) is 16.0. The summed E-state index contributed by atoms with van der Waals surface area (Å²) in [7, 11) is 1.56. The number of likely N-dealkylation sites (tertiary alicyclic amines) is 1. The lowest BCUT2D eigenvalue weighted by Crippen LogP contribution is -2.33. The standard InChI is InChI=1S/C36H44N2O6/c1-5-8-22-43-29-17-12-16-28(23-29)34(39)32-33(38(36(41)35(32)40)21-13-20-37(6-2)7-3)27-18-19-30(31(24-27)42-4)44-25-26-14-10-9-11-15-26/h9-12,14-19,23-24,33,39H,5-8,13,20-22,25H2,1-4H3. The molecule has 4 rings (SSSR count). The Balaban J connectivity index is 1.71. The van der Waals surface area contributed by atoms with E-state index in [4.69, 9.17) is 14.2 Å². The highest BCUT2D eigenvalue weighted by molar-refractivity contribution is 6.46. The Kier molecular flexibility index (Phi) is 11.8. The van der Waals surface area contributed by atoms with Crippen LogP contribution in [0, 0.1) is 0 Å². The predicted molar refractivity (Wildman–Crippen MR) is 172 cm³/mol. The fourth-order valence-electron chi connectivity index (χ4n) is 5.39. The van der Waals surface area contributed by atoms with E-state index in [0.29, 0.717) is 54.6 Å². The van der Waals surface area contributed by atoms with Gasteiger partial charge in [-0.25, -0.2) is 0 Å². The smallest absolute Gasteiger partial charge is 0.295 e. The number of rotatable bonds is 16. The summed E-state index contributed by atoms with van der Waals surface area (Å²) < 4.78 is 17.6. The lowest BCUT2D eigenvalue weighted by Gasteiger charge is -2.27. The van der Waals surface area contributed by atoms with Crippen molar-refractivity contribution in [1.29, 1.82) is 0 Å². The maximum Gasteiger partial charge on any atom is 0.295 e. The van der Waals surface area contributed by atoms with E-state index in [1.807, 2.05) is 42.5 Å². The normalized spacial score (nSPS) is 16.0. The van der Waals surface area contributed by atoms with Crippen molar-refractivity contribution in [3.05, 3.63) is 95.1 Å². The van der Waals surface area contributed by atoms with Crippen LogP contribution in [0.2, 0.25) is 0 Å². The minimum atomic E-state index is -0.798. The van der Waals surface area contributed by atoms with E-state index < -0.39 is 17.7 Å². The minimum Gasteiger partial charge on any atom is -0.507 e. The van der Waals surface area contributed by atoms with Gasteiger partial charge in [0, 0.05) is 12.1 Å². The van der Waals surface area contributed by atoms with Crippen LogP contribution in [0.15, 0.2) is 78.4 Å². The Morgan fingerprint density at radius 3 is 2.36 bits per heavy atom. The second-order valence-corrected chi connectivity index (χ2v) is 10.8. The van der Waals surface area contributed by atoms with Gasteiger partial charge in [0.2, 0.25) is 0 Å². The molecule has 8 nitrogen and oxygen atoms in total. The van der Waals surface area contributed by atoms with E-state index in [0.717, 1.165) is 38.0 Å². The topological polar surface area (TPSA) is 88.5 Å². The Bertz CT molecular complexity index is 1430. The molecule has 1 unspecified atom stereocenters. The Morgan fingerprint density at radius 1 is 0.886 bits per heavy atom. The van der Waals surface area contributed by atoms with Crippen LogP contribution in [0.3, 0.4) is 0 Å². The van der Waals surface area contributed by atoms with Crippen molar-refractivity contribution >= 4 is 17.4 Å². The summed E-state index contributed by atoms with van der Waals surface area (Å²) in [6, 6.07) is 21.4. The minimum absolute atomic E-state index is 0.0450. The number of Topliss-reactive ketones (excluding diaryl/α,β-unsaturated/α-hetero) is 1. The third-order valence-electron chi connectivity index (χ3n) is 7.92. The molecule has 234 valence electrons. The number of carbonyl (C=O) groups excluding carboxylic acids is 2. The van der Waals surface area contributed by atoms with Crippen molar-refractivity contribution < 1.29 is 28.9 Å². The summed E-state index contributed by atoms with van der Waals surface area (Å²) in [6.45, 7) is 10.1. The molecule has 0 aromatic heterocycles. The zero-order valence-electron chi connectivity index (χ0n) is 26.3. The van der Waals surface area contributed by atoms with Gasteiger partial charge in [-0.05, 0) is 67.9 Å². The molecular weight excluding hydrogens is 556 g/mol. The van der Waals surface area contributed by atoms with Crippen LogP contribution in [0.25, 0.3) is 5.76 Å². The lowest BCUT2D eigenvalue weighted by atomic mass is 9.95. The average molecular weight is 601 g/mol. The van der Waals surface area contributed by atoms with Gasteiger partial charge in [0.15, 0.2) is 11.5 Å². The SMILES string of the molecule is CCCCOc1cccc(C(O)=C2C(=O)C(=O)N(CCCN(CC)CC)C2c2ccc(OCc3ccccc3)c(OC)c2)c1. The van der Waals surface area contributed by atoms with E-state index in [1.54, 1.807) is 42.3 Å². The molecule has 1 amide bonds. The zero-order valence-corrected chi connectivity index (χ0v) is 26.3. The van der Waals surface area contributed by atoms with E-state index in [9.17, 15) is 14.7 Å². The molecule has 1 atom stereocenters. The maximum atomic E-state index is 13.6. The summed E-state index contributed by atoms with van der Waals surface area (Å²) in [5, 5.41) is 11.6. The number of amides is 1. The van der Waals surface area contributed by atoms with Crippen LogP contribution in [0.1, 0.15) is 62.8 Å². The van der Waals surface area contributed by atoms with Gasteiger partial charge in [-0.3, -0.25) is 9.59 Å². The van der Waals surface area contributed by atoms with Gasteiger partial charge in [-0.1, -0.05) is 75.7 Å². The number of aliphatic hydroxyl groups excluding tert-OH is 1. The van der Waals surface area contributed by atoms with E-state index in [2.05, 4.69) is 25.7 Å². The molecule has 3 aromatic rings. The molecule has 1 aliphatic heterocycles. The maximum absolute atomic E-state index is 13.6. The molecule has 3 aromatic carbocycles. The van der Waals surface area contributed by atoms with Crippen LogP contribution >= 0.6 is 0 Å². The molecule has 8 heteroatoms. The molecule has 0 spiro atoms. The molecule has 0 bridgehead atoms. The van der Waals surface area contributed by atoms with Gasteiger partial charge in [-0.2, -0.15) is 0 Å². The van der Waals surface area contributed by atoms with Gasteiger partial charge in [0.05, 0.1) is 25.3 Å². The van der Waals surface area contributed by atoms with Crippen LogP contribution in [-0.4, -0.2) is 66.5 Å².